The molecule has 106 valence electrons. The summed E-state index contributed by atoms with van der Waals surface area (Å²) in [5.74, 6) is 1.84. The molecule has 2 rings (SSSR count). The zero-order chi connectivity index (χ0) is 12.3. The van der Waals surface area contributed by atoms with Crippen LogP contribution in [0.2, 0.25) is 0 Å². The predicted octanol–water partition coefficient (Wildman–Crippen LogP) is 1.95. The normalized spacial score (nSPS) is 27.2. The number of ether oxygens (including phenoxy) is 1. The van der Waals surface area contributed by atoms with Crippen LogP contribution in [-0.2, 0) is 4.74 Å². The maximum atomic E-state index is 5.27. The Hall–Kier alpha value is -0.0400. The van der Waals surface area contributed by atoms with E-state index in [4.69, 9.17) is 4.74 Å². The first-order valence-electron chi connectivity index (χ1n) is 6.66. The fourth-order valence-electron chi connectivity index (χ4n) is 2.56. The summed E-state index contributed by atoms with van der Waals surface area (Å²) in [6.45, 7) is 9.55. The molecule has 18 heavy (non-hydrogen) atoms. The van der Waals surface area contributed by atoms with Crippen molar-refractivity contribution in [1.82, 2.24) is 10.2 Å². The molecule has 0 radical (unpaired) electrons. The average molecular weight is 367 g/mol. The molecule has 4 nitrogen and oxygen atoms in total. The van der Waals surface area contributed by atoms with E-state index in [1.165, 1.54) is 12.8 Å². The second-order valence-electron chi connectivity index (χ2n) is 5.90. The second-order valence-corrected chi connectivity index (χ2v) is 5.90. The van der Waals surface area contributed by atoms with E-state index in [2.05, 4.69) is 29.1 Å². The van der Waals surface area contributed by atoms with E-state index in [1.807, 2.05) is 7.05 Å². The molecule has 2 heterocycles. The zero-order valence-corrected chi connectivity index (χ0v) is 14.1. The minimum Gasteiger partial charge on any atom is -0.380 e. The van der Waals surface area contributed by atoms with Crippen LogP contribution in [0.15, 0.2) is 4.99 Å². The molecule has 2 saturated heterocycles. The third-order valence-corrected chi connectivity index (χ3v) is 3.74. The van der Waals surface area contributed by atoms with Gasteiger partial charge in [0.2, 0.25) is 0 Å². The Morgan fingerprint density at radius 3 is 2.72 bits per heavy atom. The van der Waals surface area contributed by atoms with Crippen LogP contribution in [0, 0.1) is 11.3 Å². The molecule has 0 aromatic rings. The summed E-state index contributed by atoms with van der Waals surface area (Å²) in [7, 11) is 1.88. The van der Waals surface area contributed by atoms with Crippen molar-refractivity contribution in [2.45, 2.75) is 26.7 Å². The molecule has 0 bridgehead atoms. The third kappa shape index (κ3) is 3.98. The number of piperidine rings is 1. The first kappa shape index (κ1) is 16.0. The summed E-state index contributed by atoms with van der Waals surface area (Å²) in [4.78, 5) is 6.78. The molecule has 2 aliphatic rings. The van der Waals surface area contributed by atoms with E-state index in [-0.39, 0.29) is 24.0 Å². The Morgan fingerprint density at radius 1 is 1.50 bits per heavy atom. The van der Waals surface area contributed by atoms with Crippen molar-refractivity contribution in [3.63, 3.8) is 0 Å². The highest BCUT2D eigenvalue weighted by molar-refractivity contribution is 14.0. The monoisotopic (exact) mass is 367 g/mol. The van der Waals surface area contributed by atoms with E-state index in [1.54, 1.807) is 0 Å². The SMILES string of the molecule is CN=C(NCC1(C)COC1)N1CCCC(C)C1.I. The van der Waals surface area contributed by atoms with Gasteiger partial charge in [0, 0.05) is 32.1 Å². The van der Waals surface area contributed by atoms with E-state index < -0.39 is 0 Å². The van der Waals surface area contributed by atoms with Crippen LogP contribution >= 0.6 is 24.0 Å². The highest BCUT2D eigenvalue weighted by Crippen LogP contribution is 2.25. The lowest BCUT2D eigenvalue weighted by Crippen LogP contribution is -2.53. The van der Waals surface area contributed by atoms with Gasteiger partial charge in [-0.1, -0.05) is 13.8 Å². The lowest BCUT2D eigenvalue weighted by atomic mass is 9.89. The molecular weight excluding hydrogens is 341 g/mol. The zero-order valence-electron chi connectivity index (χ0n) is 11.7. The second kappa shape index (κ2) is 6.93. The minimum atomic E-state index is 0. The fourth-order valence-corrected chi connectivity index (χ4v) is 2.56. The number of rotatable bonds is 2. The Balaban J connectivity index is 0.00000162. The van der Waals surface area contributed by atoms with Crippen molar-refractivity contribution in [1.29, 1.82) is 0 Å². The van der Waals surface area contributed by atoms with Crippen LogP contribution < -0.4 is 5.32 Å². The van der Waals surface area contributed by atoms with Gasteiger partial charge in [0.15, 0.2) is 5.96 Å². The Labute approximate surface area is 128 Å². The van der Waals surface area contributed by atoms with Gasteiger partial charge >= 0.3 is 0 Å². The number of likely N-dealkylation sites (tertiary alicyclic amines) is 1. The van der Waals surface area contributed by atoms with Gasteiger partial charge < -0.3 is 15.0 Å². The van der Waals surface area contributed by atoms with Gasteiger partial charge in [-0.15, -0.1) is 24.0 Å². The molecule has 0 amide bonds. The number of hydrogen-bond acceptors (Lipinski definition) is 2. The van der Waals surface area contributed by atoms with Crippen molar-refractivity contribution < 1.29 is 4.74 Å². The van der Waals surface area contributed by atoms with Crippen LogP contribution in [0.4, 0.5) is 0 Å². The molecule has 0 saturated carbocycles. The van der Waals surface area contributed by atoms with E-state index in [9.17, 15) is 0 Å². The first-order valence-corrected chi connectivity index (χ1v) is 6.66. The predicted molar refractivity (Wildman–Crippen MR) is 85.7 cm³/mol. The van der Waals surface area contributed by atoms with Gasteiger partial charge in [-0.25, -0.2) is 0 Å². The lowest BCUT2D eigenvalue weighted by molar-refractivity contribution is -0.0973. The topological polar surface area (TPSA) is 36.9 Å². The van der Waals surface area contributed by atoms with Gasteiger partial charge in [0.05, 0.1) is 13.2 Å². The van der Waals surface area contributed by atoms with Crippen LogP contribution in [0.5, 0.6) is 0 Å². The average Bonchev–Trinajstić information content (AvgIpc) is 2.28. The third-order valence-electron chi connectivity index (χ3n) is 3.74. The molecule has 2 fully saturated rings. The standard InChI is InChI=1S/C13H25N3O.HI/c1-11-5-4-6-16(7-11)12(14-3)15-8-13(2)9-17-10-13;/h11H,4-10H2,1-3H3,(H,14,15);1H. The molecule has 2 aliphatic heterocycles. The summed E-state index contributed by atoms with van der Waals surface area (Å²) in [6, 6.07) is 0. The highest BCUT2D eigenvalue weighted by Gasteiger charge is 2.33. The molecular formula is C13H26IN3O. The van der Waals surface area contributed by atoms with Gasteiger partial charge in [0.1, 0.15) is 0 Å². The number of halogens is 1. The van der Waals surface area contributed by atoms with Crippen LogP contribution in [0.25, 0.3) is 0 Å². The number of aliphatic imine (C=N–C) groups is 1. The highest BCUT2D eigenvalue weighted by atomic mass is 127. The van der Waals surface area contributed by atoms with Gasteiger partial charge in [-0.3, -0.25) is 4.99 Å². The number of nitrogens with one attached hydrogen (secondary N) is 1. The summed E-state index contributed by atoms with van der Waals surface area (Å²) in [6.07, 6.45) is 2.63. The summed E-state index contributed by atoms with van der Waals surface area (Å²) in [5, 5.41) is 3.50. The van der Waals surface area contributed by atoms with Crippen LogP contribution in [0.3, 0.4) is 0 Å². The largest absolute Gasteiger partial charge is 0.380 e. The van der Waals surface area contributed by atoms with Gasteiger partial charge in [0.25, 0.3) is 0 Å². The van der Waals surface area contributed by atoms with Crippen molar-refractivity contribution in [3.8, 4) is 0 Å². The minimum absolute atomic E-state index is 0. The molecule has 1 atom stereocenters. The van der Waals surface area contributed by atoms with Crippen molar-refractivity contribution in [2.75, 3.05) is 39.9 Å². The van der Waals surface area contributed by atoms with Gasteiger partial charge in [-0.2, -0.15) is 0 Å². The lowest BCUT2D eigenvalue weighted by Gasteiger charge is -2.40. The fraction of sp³-hybridized carbons (Fsp3) is 0.923. The van der Waals surface area contributed by atoms with Crippen LogP contribution in [-0.4, -0.2) is 50.8 Å². The summed E-state index contributed by atoms with van der Waals surface area (Å²) in [5.41, 5.74) is 0.303. The summed E-state index contributed by atoms with van der Waals surface area (Å²) < 4.78 is 5.27. The molecule has 1 unspecified atom stereocenters. The first-order chi connectivity index (χ1) is 8.13. The molecule has 5 heteroatoms. The summed E-state index contributed by atoms with van der Waals surface area (Å²) >= 11 is 0. The Kier molecular flexibility index (Phi) is 6.17. The Morgan fingerprint density at radius 2 is 2.22 bits per heavy atom. The van der Waals surface area contributed by atoms with E-state index in [0.717, 1.165) is 44.7 Å². The maximum Gasteiger partial charge on any atom is 0.193 e. The van der Waals surface area contributed by atoms with Gasteiger partial charge in [-0.05, 0) is 18.8 Å². The molecule has 1 N–H and O–H groups in total. The smallest absolute Gasteiger partial charge is 0.193 e. The quantitative estimate of drug-likeness (QED) is 0.461. The molecule has 0 aromatic carbocycles. The molecule has 0 spiro atoms. The van der Waals surface area contributed by atoms with Crippen molar-refractivity contribution in [3.05, 3.63) is 0 Å². The Bertz CT molecular complexity index is 292. The van der Waals surface area contributed by atoms with E-state index in [0.29, 0.717) is 5.41 Å². The van der Waals surface area contributed by atoms with Crippen molar-refractivity contribution in [2.24, 2.45) is 16.3 Å². The number of guanidine groups is 1. The number of hydrogen-bond donors (Lipinski definition) is 1. The number of nitrogens with zero attached hydrogens (tertiary/aromatic N) is 2. The maximum absolute atomic E-state index is 5.27. The van der Waals surface area contributed by atoms with E-state index >= 15 is 0 Å². The van der Waals surface area contributed by atoms with Crippen molar-refractivity contribution >= 4 is 29.9 Å². The molecule has 0 aliphatic carbocycles. The molecule has 0 aromatic heterocycles. The van der Waals surface area contributed by atoms with Crippen LogP contribution in [0.1, 0.15) is 26.7 Å².